The van der Waals surface area contributed by atoms with Crippen molar-refractivity contribution >= 4 is 17.3 Å². The van der Waals surface area contributed by atoms with Crippen LogP contribution in [0.1, 0.15) is 16.7 Å². The summed E-state index contributed by atoms with van der Waals surface area (Å²) >= 11 is 0. The van der Waals surface area contributed by atoms with Gasteiger partial charge >= 0.3 is 0 Å². The molecule has 2 aromatic rings. The molecule has 0 fully saturated rings. The zero-order valence-corrected chi connectivity index (χ0v) is 13.1. The average molecular weight is 293 g/mol. The predicted octanol–water partition coefficient (Wildman–Crippen LogP) is 3.25. The van der Waals surface area contributed by atoms with Crippen LogP contribution >= 0.6 is 0 Å². The summed E-state index contributed by atoms with van der Waals surface area (Å²) in [6.45, 7) is 4.36. The SMILES string of the molecule is Cc1ccc(N(C)CC(=O)Nc2ccc(C#N)cc2)c(C)c1. The molecule has 0 unspecified atom stereocenters. The zero-order valence-electron chi connectivity index (χ0n) is 13.1. The molecule has 1 N–H and O–H groups in total. The molecule has 0 saturated heterocycles. The topological polar surface area (TPSA) is 56.1 Å². The molecule has 112 valence electrons. The summed E-state index contributed by atoms with van der Waals surface area (Å²) in [5.74, 6) is -0.0906. The van der Waals surface area contributed by atoms with Gasteiger partial charge in [0.05, 0.1) is 18.2 Å². The third-order valence-corrected chi connectivity index (χ3v) is 3.44. The van der Waals surface area contributed by atoms with Crippen LogP contribution in [0.25, 0.3) is 0 Å². The van der Waals surface area contributed by atoms with Gasteiger partial charge < -0.3 is 10.2 Å². The van der Waals surface area contributed by atoms with Crippen LogP contribution in [-0.4, -0.2) is 19.5 Å². The fraction of sp³-hybridized carbons (Fsp3) is 0.222. The van der Waals surface area contributed by atoms with Gasteiger partial charge in [0.25, 0.3) is 0 Å². The van der Waals surface area contributed by atoms with Crippen molar-refractivity contribution in [2.24, 2.45) is 0 Å². The first-order valence-corrected chi connectivity index (χ1v) is 7.08. The third kappa shape index (κ3) is 3.86. The molecule has 4 nitrogen and oxygen atoms in total. The Bertz CT molecular complexity index is 714. The molecule has 0 atom stereocenters. The van der Waals surface area contributed by atoms with Crippen molar-refractivity contribution in [1.29, 1.82) is 5.26 Å². The minimum absolute atomic E-state index is 0.0906. The molecule has 2 rings (SSSR count). The zero-order chi connectivity index (χ0) is 16.1. The van der Waals surface area contributed by atoms with Crippen LogP contribution in [-0.2, 0) is 4.79 Å². The van der Waals surface area contributed by atoms with Crippen molar-refractivity contribution in [3.63, 3.8) is 0 Å². The summed E-state index contributed by atoms with van der Waals surface area (Å²) in [4.78, 5) is 14.0. The van der Waals surface area contributed by atoms with Gasteiger partial charge in [-0.3, -0.25) is 4.79 Å². The molecule has 4 heteroatoms. The molecule has 0 heterocycles. The Morgan fingerprint density at radius 3 is 2.45 bits per heavy atom. The number of carbonyl (C=O) groups excluding carboxylic acids is 1. The van der Waals surface area contributed by atoms with E-state index in [1.165, 1.54) is 5.56 Å². The summed E-state index contributed by atoms with van der Waals surface area (Å²) in [5.41, 5.74) is 4.66. The van der Waals surface area contributed by atoms with Gasteiger partial charge in [-0.05, 0) is 49.7 Å². The molecule has 2 aromatic carbocycles. The maximum atomic E-state index is 12.1. The first kappa shape index (κ1) is 15.6. The highest BCUT2D eigenvalue weighted by molar-refractivity contribution is 5.94. The summed E-state index contributed by atoms with van der Waals surface area (Å²) in [6, 6.07) is 15.0. The number of nitrogens with one attached hydrogen (secondary N) is 1. The van der Waals surface area contributed by atoms with E-state index in [0.717, 1.165) is 11.3 Å². The molecular formula is C18H19N3O. The molecule has 0 aliphatic rings. The van der Waals surface area contributed by atoms with E-state index in [4.69, 9.17) is 5.26 Å². The molecule has 0 aliphatic carbocycles. The van der Waals surface area contributed by atoms with E-state index in [1.54, 1.807) is 24.3 Å². The highest BCUT2D eigenvalue weighted by Gasteiger charge is 2.10. The van der Waals surface area contributed by atoms with Gasteiger partial charge in [-0.25, -0.2) is 0 Å². The van der Waals surface area contributed by atoms with E-state index in [2.05, 4.69) is 17.5 Å². The second-order valence-corrected chi connectivity index (χ2v) is 5.38. The van der Waals surface area contributed by atoms with E-state index in [-0.39, 0.29) is 12.5 Å². The van der Waals surface area contributed by atoms with Gasteiger partial charge in [0.15, 0.2) is 0 Å². The van der Waals surface area contributed by atoms with E-state index in [9.17, 15) is 4.79 Å². The van der Waals surface area contributed by atoms with Gasteiger partial charge in [-0.15, -0.1) is 0 Å². The van der Waals surface area contributed by atoms with E-state index in [1.807, 2.05) is 37.9 Å². The molecule has 1 amide bonds. The van der Waals surface area contributed by atoms with E-state index < -0.39 is 0 Å². The number of rotatable bonds is 4. The van der Waals surface area contributed by atoms with Gasteiger partial charge in [-0.2, -0.15) is 5.26 Å². The van der Waals surface area contributed by atoms with Crippen LogP contribution in [0, 0.1) is 25.2 Å². The van der Waals surface area contributed by atoms with Crippen LogP contribution in [0.15, 0.2) is 42.5 Å². The fourth-order valence-electron chi connectivity index (χ4n) is 2.36. The normalized spacial score (nSPS) is 9.91. The maximum absolute atomic E-state index is 12.1. The van der Waals surface area contributed by atoms with Crippen molar-refractivity contribution in [3.05, 3.63) is 59.2 Å². The van der Waals surface area contributed by atoms with E-state index >= 15 is 0 Å². The second kappa shape index (κ2) is 6.77. The largest absolute Gasteiger partial charge is 0.365 e. The monoisotopic (exact) mass is 293 g/mol. The number of likely N-dealkylation sites (N-methyl/N-ethyl adjacent to an activating group) is 1. The van der Waals surface area contributed by atoms with E-state index in [0.29, 0.717) is 11.3 Å². The Kier molecular flexibility index (Phi) is 4.80. The summed E-state index contributed by atoms with van der Waals surface area (Å²) in [6.07, 6.45) is 0. The van der Waals surface area contributed by atoms with Crippen molar-refractivity contribution < 1.29 is 4.79 Å². The van der Waals surface area contributed by atoms with Crippen molar-refractivity contribution in [3.8, 4) is 6.07 Å². The highest BCUT2D eigenvalue weighted by Crippen LogP contribution is 2.19. The quantitative estimate of drug-likeness (QED) is 0.941. The number of amides is 1. The Balaban J connectivity index is 2.00. The molecule has 22 heavy (non-hydrogen) atoms. The standard InChI is InChI=1S/C18H19N3O/c1-13-4-9-17(14(2)10-13)21(3)12-18(22)20-16-7-5-15(11-19)6-8-16/h4-10H,12H2,1-3H3,(H,20,22). The van der Waals surface area contributed by atoms with Crippen molar-refractivity contribution in [2.75, 3.05) is 23.8 Å². The molecule has 0 saturated carbocycles. The van der Waals surface area contributed by atoms with Crippen molar-refractivity contribution in [1.82, 2.24) is 0 Å². The number of aryl methyl sites for hydroxylation is 2. The highest BCUT2D eigenvalue weighted by atomic mass is 16.2. The van der Waals surface area contributed by atoms with Gasteiger partial charge in [0.2, 0.25) is 5.91 Å². The molecule has 0 radical (unpaired) electrons. The number of hydrogen-bond acceptors (Lipinski definition) is 3. The number of nitrogens with zero attached hydrogens (tertiary/aromatic N) is 2. The molecule has 0 bridgehead atoms. The van der Waals surface area contributed by atoms with Gasteiger partial charge in [-0.1, -0.05) is 17.7 Å². The Morgan fingerprint density at radius 2 is 1.86 bits per heavy atom. The average Bonchev–Trinajstić information content (AvgIpc) is 2.47. The second-order valence-electron chi connectivity index (χ2n) is 5.38. The summed E-state index contributed by atoms with van der Waals surface area (Å²) in [7, 11) is 1.90. The minimum Gasteiger partial charge on any atom is -0.365 e. The van der Waals surface area contributed by atoms with Crippen molar-refractivity contribution in [2.45, 2.75) is 13.8 Å². The van der Waals surface area contributed by atoms with Gasteiger partial charge in [0.1, 0.15) is 0 Å². The lowest BCUT2D eigenvalue weighted by Crippen LogP contribution is -2.30. The molecule has 0 spiro atoms. The lowest BCUT2D eigenvalue weighted by atomic mass is 10.1. The van der Waals surface area contributed by atoms with Crippen LogP contribution in [0.3, 0.4) is 0 Å². The Morgan fingerprint density at radius 1 is 1.18 bits per heavy atom. The predicted molar refractivity (Wildman–Crippen MR) is 89.0 cm³/mol. The Hall–Kier alpha value is -2.80. The summed E-state index contributed by atoms with van der Waals surface area (Å²) < 4.78 is 0. The fourth-order valence-corrected chi connectivity index (χ4v) is 2.36. The molecule has 0 aliphatic heterocycles. The Labute approximate surface area is 131 Å². The number of hydrogen-bond donors (Lipinski definition) is 1. The number of benzene rings is 2. The lowest BCUT2D eigenvalue weighted by molar-refractivity contribution is -0.114. The summed E-state index contributed by atoms with van der Waals surface area (Å²) in [5, 5.41) is 11.6. The van der Waals surface area contributed by atoms with Crippen LogP contribution in [0.4, 0.5) is 11.4 Å². The number of nitriles is 1. The molecule has 0 aromatic heterocycles. The number of carbonyl (C=O) groups is 1. The first-order valence-electron chi connectivity index (χ1n) is 7.08. The van der Waals surface area contributed by atoms with Gasteiger partial charge in [0, 0.05) is 18.4 Å². The molecular weight excluding hydrogens is 274 g/mol. The van der Waals surface area contributed by atoms with Crippen LogP contribution in [0.5, 0.6) is 0 Å². The third-order valence-electron chi connectivity index (χ3n) is 3.44. The maximum Gasteiger partial charge on any atom is 0.243 e. The lowest BCUT2D eigenvalue weighted by Gasteiger charge is -2.21. The van der Waals surface area contributed by atoms with Crippen LogP contribution in [0.2, 0.25) is 0 Å². The first-order chi connectivity index (χ1) is 10.5. The minimum atomic E-state index is -0.0906. The smallest absolute Gasteiger partial charge is 0.243 e. The number of anilines is 2. The van der Waals surface area contributed by atoms with Crippen LogP contribution < -0.4 is 10.2 Å².